The lowest BCUT2D eigenvalue weighted by Gasteiger charge is -2.29. The zero-order valence-electron chi connectivity index (χ0n) is 19.1. The average molecular weight is 445 g/mol. The van der Waals surface area contributed by atoms with Crippen LogP contribution in [0, 0.1) is 5.82 Å². The van der Waals surface area contributed by atoms with Gasteiger partial charge in [0.05, 0.1) is 13.7 Å². The van der Waals surface area contributed by atoms with Gasteiger partial charge in [-0.2, -0.15) is 0 Å². The van der Waals surface area contributed by atoms with Crippen molar-refractivity contribution in [2.24, 2.45) is 0 Å². The van der Waals surface area contributed by atoms with Crippen LogP contribution in [-0.4, -0.2) is 43.0 Å². The van der Waals surface area contributed by atoms with E-state index in [1.807, 2.05) is 6.92 Å². The number of halogens is 1. The molecule has 0 saturated heterocycles. The molecule has 0 radical (unpaired) electrons. The lowest BCUT2D eigenvalue weighted by Crippen LogP contribution is -2.47. The van der Waals surface area contributed by atoms with Crippen molar-refractivity contribution in [3.63, 3.8) is 0 Å². The van der Waals surface area contributed by atoms with Gasteiger partial charge < -0.3 is 19.7 Å². The molecule has 2 aromatic carbocycles. The molecule has 0 saturated carbocycles. The third-order valence-electron chi connectivity index (χ3n) is 5.16. The monoisotopic (exact) mass is 444 g/mol. The van der Waals surface area contributed by atoms with Crippen LogP contribution >= 0.6 is 0 Å². The Kier molecular flexibility index (Phi) is 10.5. The fourth-order valence-electron chi connectivity index (χ4n) is 3.16. The van der Waals surface area contributed by atoms with E-state index in [1.54, 1.807) is 56.5 Å². The molecule has 0 unspecified atom stereocenters. The predicted molar refractivity (Wildman–Crippen MR) is 122 cm³/mol. The number of hydrogen-bond acceptors (Lipinski definition) is 4. The number of carbonyl (C=O) groups excluding carboxylic acids is 2. The number of ether oxygens (including phenoxy) is 2. The Bertz CT molecular complexity index is 857. The molecule has 2 aromatic rings. The van der Waals surface area contributed by atoms with Gasteiger partial charge in [-0.1, -0.05) is 31.5 Å². The Labute approximate surface area is 189 Å². The summed E-state index contributed by atoms with van der Waals surface area (Å²) in [4.78, 5) is 27.0. The van der Waals surface area contributed by atoms with Crippen LogP contribution in [0.3, 0.4) is 0 Å². The first-order valence-corrected chi connectivity index (χ1v) is 11.0. The average Bonchev–Trinajstić information content (AvgIpc) is 2.81. The minimum atomic E-state index is -0.707. The van der Waals surface area contributed by atoms with Gasteiger partial charge in [0.2, 0.25) is 11.8 Å². The highest BCUT2D eigenvalue weighted by Gasteiger charge is 2.26. The Morgan fingerprint density at radius 3 is 2.41 bits per heavy atom. The molecule has 0 aliphatic rings. The number of nitrogens with zero attached hydrogens (tertiary/aromatic N) is 1. The second-order valence-electron chi connectivity index (χ2n) is 7.56. The molecular formula is C25H33FN2O4. The van der Waals surface area contributed by atoms with Crippen molar-refractivity contribution in [1.82, 2.24) is 10.2 Å². The number of hydrogen-bond donors (Lipinski definition) is 1. The molecular weight excluding hydrogens is 411 g/mol. The summed E-state index contributed by atoms with van der Waals surface area (Å²) in [6, 6.07) is 12.8. The van der Waals surface area contributed by atoms with Gasteiger partial charge in [-0.15, -0.1) is 0 Å². The fourth-order valence-corrected chi connectivity index (χ4v) is 3.16. The number of nitrogens with one attached hydrogen (secondary N) is 1. The standard InChI is InChI=1S/C25H33FN2O4/c1-4-5-16-27-25(30)19(2)28(18-20-9-6-7-10-23(20)26)24(29)11-8-17-32-22-14-12-21(31-3)13-15-22/h6-7,9-10,12-15,19H,4-5,8,11,16-18H2,1-3H3,(H,27,30)/t19-/m1/s1. The van der Waals surface area contributed by atoms with Gasteiger partial charge in [-0.25, -0.2) is 4.39 Å². The molecule has 0 spiro atoms. The van der Waals surface area contributed by atoms with Crippen molar-refractivity contribution < 1.29 is 23.5 Å². The second-order valence-corrected chi connectivity index (χ2v) is 7.56. The van der Waals surface area contributed by atoms with Crippen molar-refractivity contribution in [2.75, 3.05) is 20.3 Å². The number of carbonyl (C=O) groups is 2. The molecule has 7 heteroatoms. The molecule has 32 heavy (non-hydrogen) atoms. The first-order valence-electron chi connectivity index (χ1n) is 11.0. The van der Waals surface area contributed by atoms with E-state index in [2.05, 4.69) is 5.32 Å². The molecule has 6 nitrogen and oxygen atoms in total. The van der Waals surface area contributed by atoms with Gasteiger partial charge in [-0.05, 0) is 50.1 Å². The molecule has 0 aliphatic heterocycles. The summed E-state index contributed by atoms with van der Waals surface area (Å²) in [6.07, 6.45) is 2.49. The fraction of sp³-hybridized carbons (Fsp3) is 0.440. The molecule has 2 rings (SSSR count). The number of amides is 2. The smallest absolute Gasteiger partial charge is 0.242 e. The summed E-state index contributed by atoms with van der Waals surface area (Å²) < 4.78 is 25.0. The van der Waals surface area contributed by atoms with Crippen molar-refractivity contribution in [3.05, 3.63) is 59.9 Å². The maximum atomic E-state index is 14.2. The summed E-state index contributed by atoms with van der Waals surface area (Å²) in [5.41, 5.74) is 0.378. The molecule has 0 aliphatic carbocycles. The quantitative estimate of drug-likeness (QED) is 0.467. The third-order valence-corrected chi connectivity index (χ3v) is 5.16. The van der Waals surface area contributed by atoms with E-state index >= 15 is 0 Å². The number of unbranched alkanes of at least 4 members (excludes halogenated alkanes) is 1. The first kappa shape index (κ1) is 25.2. The maximum absolute atomic E-state index is 14.2. The minimum absolute atomic E-state index is 0.0349. The lowest BCUT2D eigenvalue weighted by molar-refractivity contribution is -0.140. The van der Waals surface area contributed by atoms with E-state index in [4.69, 9.17) is 9.47 Å². The zero-order chi connectivity index (χ0) is 23.3. The topological polar surface area (TPSA) is 67.9 Å². The van der Waals surface area contributed by atoms with E-state index in [9.17, 15) is 14.0 Å². The molecule has 0 aromatic heterocycles. The molecule has 2 amide bonds. The van der Waals surface area contributed by atoms with Crippen molar-refractivity contribution in [2.45, 2.75) is 52.1 Å². The van der Waals surface area contributed by atoms with Crippen molar-refractivity contribution in [1.29, 1.82) is 0 Å². The van der Waals surface area contributed by atoms with Crippen LogP contribution in [0.4, 0.5) is 4.39 Å². The summed E-state index contributed by atoms with van der Waals surface area (Å²) in [5.74, 6) is 0.571. The number of methoxy groups -OCH3 is 1. The van der Waals surface area contributed by atoms with Crippen LogP contribution in [-0.2, 0) is 16.1 Å². The normalized spacial score (nSPS) is 11.5. The van der Waals surface area contributed by atoms with Crippen LogP contribution in [0.5, 0.6) is 11.5 Å². The minimum Gasteiger partial charge on any atom is -0.497 e. The summed E-state index contributed by atoms with van der Waals surface area (Å²) in [7, 11) is 1.60. The summed E-state index contributed by atoms with van der Waals surface area (Å²) in [5, 5.41) is 2.86. The van der Waals surface area contributed by atoms with Crippen LogP contribution in [0.25, 0.3) is 0 Å². The van der Waals surface area contributed by atoms with E-state index in [1.165, 1.54) is 11.0 Å². The van der Waals surface area contributed by atoms with Crippen molar-refractivity contribution in [3.8, 4) is 11.5 Å². The molecule has 1 atom stereocenters. The lowest BCUT2D eigenvalue weighted by atomic mass is 10.1. The molecule has 1 N–H and O–H groups in total. The van der Waals surface area contributed by atoms with Crippen LogP contribution in [0.15, 0.2) is 48.5 Å². The summed E-state index contributed by atoms with van der Waals surface area (Å²) in [6.45, 7) is 4.65. The Balaban J connectivity index is 1.97. The van der Waals surface area contributed by atoms with Gasteiger partial charge >= 0.3 is 0 Å². The maximum Gasteiger partial charge on any atom is 0.242 e. The van der Waals surface area contributed by atoms with Crippen LogP contribution in [0.2, 0.25) is 0 Å². The largest absolute Gasteiger partial charge is 0.497 e. The Morgan fingerprint density at radius 1 is 1.06 bits per heavy atom. The van der Waals surface area contributed by atoms with Crippen LogP contribution < -0.4 is 14.8 Å². The zero-order valence-corrected chi connectivity index (χ0v) is 19.1. The third kappa shape index (κ3) is 7.87. The Hall–Kier alpha value is -3.09. The predicted octanol–water partition coefficient (Wildman–Crippen LogP) is 4.33. The van der Waals surface area contributed by atoms with Crippen LogP contribution in [0.1, 0.15) is 45.1 Å². The number of rotatable bonds is 13. The highest BCUT2D eigenvalue weighted by Crippen LogP contribution is 2.18. The second kappa shape index (κ2) is 13.3. The highest BCUT2D eigenvalue weighted by atomic mass is 19.1. The molecule has 0 bridgehead atoms. The SMILES string of the molecule is CCCCNC(=O)[C@@H](C)N(Cc1ccccc1F)C(=O)CCCOc1ccc(OC)cc1. The van der Waals surface area contributed by atoms with E-state index in [0.29, 0.717) is 30.9 Å². The first-order chi connectivity index (χ1) is 15.5. The van der Waals surface area contributed by atoms with Gasteiger partial charge in [-0.3, -0.25) is 9.59 Å². The van der Waals surface area contributed by atoms with Gasteiger partial charge in [0.15, 0.2) is 0 Å². The van der Waals surface area contributed by atoms with Gasteiger partial charge in [0.1, 0.15) is 23.4 Å². The van der Waals surface area contributed by atoms with E-state index in [-0.39, 0.29) is 24.8 Å². The van der Waals surface area contributed by atoms with Crippen molar-refractivity contribution >= 4 is 11.8 Å². The van der Waals surface area contributed by atoms with Gasteiger partial charge in [0, 0.05) is 25.1 Å². The Morgan fingerprint density at radius 2 is 1.75 bits per heavy atom. The summed E-state index contributed by atoms with van der Waals surface area (Å²) >= 11 is 0. The number of benzene rings is 2. The molecule has 0 heterocycles. The highest BCUT2D eigenvalue weighted by molar-refractivity contribution is 5.87. The molecule has 0 fully saturated rings. The van der Waals surface area contributed by atoms with E-state index < -0.39 is 11.9 Å². The molecule has 174 valence electrons. The van der Waals surface area contributed by atoms with E-state index in [0.717, 1.165) is 18.6 Å². The van der Waals surface area contributed by atoms with Gasteiger partial charge in [0.25, 0.3) is 0 Å².